The second-order valence-electron chi connectivity index (χ2n) is 5.16. The lowest BCUT2D eigenvalue weighted by Gasteiger charge is -2.12. The smallest absolute Gasteiger partial charge is 0.0769 e. The van der Waals surface area contributed by atoms with Crippen molar-refractivity contribution in [1.82, 2.24) is 4.98 Å². The third-order valence-electron chi connectivity index (χ3n) is 3.55. The van der Waals surface area contributed by atoms with E-state index in [-0.39, 0.29) is 0 Å². The maximum Gasteiger partial charge on any atom is 0.0769 e. The van der Waals surface area contributed by atoms with Gasteiger partial charge in [-0.05, 0) is 31.5 Å². The van der Waals surface area contributed by atoms with Gasteiger partial charge in [-0.2, -0.15) is 0 Å². The number of pyridine rings is 1. The van der Waals surface area contributed by atoms with Crippen molar-refractivity contribution in [2.45, 2.75) is 20.0 Å². The van der Waals surface area contributed by atoms with Crippen molar-refractivity contribution in [3.05, 3.63) is 65.7 Å². The molecule has 0 bridgehead atoms. The highest BCUT2D eigenvalue weighted by Crippen LogP contribution is 2.28. The Morgan fingerprint density at radius 2 is 1.70 bits per heavy atom. The number of hydrogen-bond donors (Lipinski definition) is 1. The minimum atomic E-state index is -0.507. The summed E-state index contributed by atoms with van der Waals surface area (Å²) in [5.41, 5.74) is 5.04. The Labute approximate surface area is 118 Å². The highest BCUT2D eigenvalue weighted by atomic mass is 16.3. The summed E-state index contributed by atoms with van der Waals surface area (Å²) in [6.07, 6.45) is -0.507. The quantitative estimate of drug-likeness (QED) is 0.749. The maximum atomic E-state index is 10.0. The van der Waals surface area contributed by atoms with Crippen molar-refractivity contribution in [3.63, 3.8) is 0 Å². The summed E-state index contributed by atoms with van der Waals surface area (Å²) >= 11 is 0. The molecular formula is C18H17NO. The SMILES string of the molecule is Cc1ccc(-c2cc(C(C)O)c3ccccc3n2)cc1. The van der Waals surface area contributed by atoms with Crippen molar-refractivity contribution in [1.29, 1.82) is 0 Å². The predicted octanol–water partition coefficient (Wildman–Crippen LogP) is 4.26. The van der Waals surface area contributed by atoms with Gasteiger partial charge in [0, 0.05) is 10.9 Å². The number of hydrogen-bond acceptors (Lipinski definition) is 2. The minimum absolute atomic E-state index is 0.507. The average molecular weight is 263 g/mol. The van der Waals surface area contributed by atoms with Crippen LogP contribution < -0.4 is 0 Å². The first kappa shape index (κ1) is 12.8. The Morgan fingerprint density at radius 3 is 2.40 bits per heavy atom. The second kappa shape index (κ2) is 5.06. The zero-order valence-electron chi connectivity index (χ0n) is 11.7. The molecule has 2 nitrogen and oxygen atoms in total. The molecule has 1 N–H and O–H groups in total. The van der Waals surface area contributed by atoms with Crippen LogP contribution in [0.2, 0.25) is 0 Å². The monoisotopic (exact) mass is 263 g/mol. The molecule has 1 atom stereocenters. The standard InChI is InChI=1S/C18H17NO/c1-12-7-9-14(10-8-12)18-11-16(13(2)20)15-5-3-4-6-17(15)19-18/h3-11,13,20H,1-2H3. The van der Waals surface area contributed by atoms with Gasteiger partial charge in [0.05, 0.1) is 17.3 Å². The predicted molar refractivity (Wildman–Crippen MR) is 82.5 cm³/mol. The molecule has 2 heteroatoms. The third kappa shape index (κ3) is 2.30. The average Bonchev–Trinajstić information content (AvgIpc) is 2.46. The molecule has 0 aliphatic rings. The van der Waals surface area contributed by atoms with Gasteiger partial charge < -0.3 is 5.11 Å². The van der Waals surface area contributed by atoms with Crippen LogP contribution in [-0.4, -0.2) is 10.1 Å². The van der Waals surface area contributed by atoms with Crippen LogP contribution in [0.4, 0.5) is 0 Å². The van der Waals surface area contributed by atoms with Crippen LogP contribution >= 0.6 is 0 Å². The van der Waals surface area contributed by atoms with Gasteiger partial charge in [0.1, 0.15) is 0 Å². The molecule has 0 aliphatic heterocycles. The molecule has 0 fully saturated rings. The Kier molecular flexibility index (Phi) is 3.25. The molecular weight excluding hydrogens is 246 g/mol. The Morgan fingerprint density at radius 1 is 1.00 bits per heavy atom. The van der Waals surface area contributed by atoms with Gasteiger partial charge in [-0.3, -0.25) is 0 Å². The van der Waals surface area contributed by atoms with Crippen LogP contribution in [-0.2, 0) is 0 Å². The van der Waals surface area contributed by atoms with Gasteiger partial charge in [0.25, 0.3) is 0 Å². The molecule has 2 aromatic carbocycles. The fourth-order valence-corrected chi connectivity index (χ4v) is 2.42. The zero-order valence-corrected chi connectivity index (χ0v) is 11.7. The second-order valence-corrected chi connectivity index (χ2v) is 5.16. The fourth-order valence-electron chi connectivity index (χ4n) is 2.42. The molecule has 1 unspecified atom stereocenters. The van der Waals surface area contributed by atoms with Crippen LogP contribution in [0.5, 0.6) is 0 Å². The molecule has 0 radical (unpaired) electrons. The molecule has 1 heterocycles. The fraction of sp³-hybridized carbons (Fsp3) is 0.167. The molecule has 20 heavy (non-hydrogen) atoms. The molecule has 0 amide bonds. The lowest BCUT2D eigenvalue weighted by molar-refractivity contribution is 0.201. The van der Waals surface area contributed by atoms with Gasteiger partial charge in [-0.15, -0.1) is 0 Å². The summed E-state index contributed by atoms with van der Waals surface area (Å²) in [6, 6.07) is 18.2. The molecule has 0 spiro atoms. The number of aliphatic hydroxyl groups is 1. The Balaban J connectivity index is 2.24. The summed E-state index contributed by atoms with van der Waals surface area (Å²) in [7, 11) is 0. The highest BCUT2D eigenvalue weighted by Gasteiger charge is 2.10. The first-order valence-corrected chi connectivity index (χ1v) is 6.80. The van der Waals surface area contributed by atoms with Gasteiger partial charge in [-0.25, -0.2) is 4.98 Å². The summed E-state index contributed by atoms with van der Waals surface area (Å²) in [5, 5.41) is 11.0. The van der Waals surface area contributed by atoms with Crippen molar-refractivity contribution >= 4 is 10.9 Å². The van der Waals surface area contributed by atoms with E-state index in [1.807, 2.05) is 30.3 Å². The molecule has 3 aromatic rings. The van der Waals surface area contributed by atoms with Crippen molar-refractivity contribution < 1.29 is 5.11 Å². The number of nitrogens with zero attached hydrogens (tertiary/aromatic N) is 1. The first-order valence-electron chi connectivity index (χ1n) is 6.80. The molecule has 0 saturated carbocycles. The van der Waals surface area contributed by atoms with Crippen LogP contribution in [0, 0.1) is 6.92 Å². The molecule has 0 saturated heterocycles. The third-order valence-corrected chi connectivity index (χ3v) is 3.55. The van der Waals surface area contributed by atoms with E-state index in [9.17, 15) is 5.11 Å². The Bertz CT molecular complexity index is 745. The minimum Gasteiger partial charge on any atom is -0.389 e. The number of rotatable bonds is 2. The summed E-state index contributed by atoms with van der Waals surface area (Å²) in [6.45, 7) is 3.86. The van der Waals surface area contributed by atoms with E-state index < -0.39 is 6.10 Å². The van der Waals surface area contributed by atoms with E-state index in [0.717, 1.165) is 27.7 Å². The highest BCUT2D eigenvalue weighted by molar-refractivity contribution is 5.85. The number of fused-ring (bicyclic) bond motifs is 1. The van der Waals surface area contributed by atoms with E-state index in [2.05, 4.69) is 31.2 Å². The Hall–Kier alpha value is -2.19. The number of benzene rings is 2. The van der Waals surface area contributed by atoms with Crippen molar-refractivity contribution in [2.24, 2.45) is 0 Å². The van der Waals surface area contributed by atoms with Crippen LogP contribution in [0.1, 0.15) is 24.2 Å². The topological polar surface area (TPSA) is 33.1 Å². The van der Waals surface area contributed by atoms with Crippen LogP contribution in [0.15, 0.2) is 54.6 Å². The number of aromatic nitrogens is 1. The number of aryl methyl sites for hydroxylation is 1. The lowest BCUT2D eigenvalue weighted by atomic mass is 10.0. The van der Waals surface area contributed by atoms with E-state index in [1.165, 1.54) is 5.56 Å². The van der Waals surface area contributed by atoms with Crippen molar-refractivity contribution in [2.75, 3.05) is 0 Å². The number of para-hydroxylation sites is 1. The molecule has 1 aromatic heterocycles. The van der Waals surface area contributed by atoms with Gasteiger partial charge >= 0.3 is 0 Å². The molecule has 0 aliphatic carbocycles. The number of aliphatic hydroxyl groups excluding tert-OH is 1. The van der Waals surface area contributed by atoms with Crippen LogP contribution in [0.25, 0.3) is 22.2 Å². The normalized spacial score (nSPS) is 12.6. The molecule has 3 rings (SSSR count). The lowest BCUT2D eigenvalue weighted by Crippen LogP contribution is -1.96. The zero-order chi connectivity index (χ0) is 14.1. The maximum absolute atomic E-state index is 10.0. The van der Waals surface area contributed by atoms with E-state index in [0.29, 0.717) is 0 Å². The largest absolute Gasteiger partial charge is 0.389 e. The first-order chi connectivity index (χ1) is 9.65. The van der Waals surface area contributed by atoms with Gasteiger partial charge in [0.2, 0.25) is 0 Å². The molecule has 100 valence electrons. The van der Waals surface area contributed by atoms with E-state index in [4.69, 9.17) is 4.98 Å². The van der Waals surface area contributed by atoms with Crippen LogP contribution in [0.3, 0.4) is 0 Å². The van der Waals surface area contributed by atoms with Crippen molar-refractivity contribution in [3.8, 4) is 11.3 Å². The van der Waals surface area contributed by atoms with E-state index in [1.54, 1.807) is 6.92 Å². The summed E-state index contributed by atoms with van der Waals surface area (Å²) in [4.78, 5) is 4.71. The van der Waals surface area contributed by atoms with E-state index >= 15 is 0 Å². The summed E-state index contributed by atoms with van der Waals surface area (Å²) < 4.78 is 0. The van der Waals surface area contributed by atoms with Gasteiger partial charge in [-0.1, -0.05) is 48.0 Å². The summed E-state index contributed by atoms with van der Waals surface area (Å²) in [5.74, 6) is 0. The van der Waals surface area contributed by atoms with Gasteiger partial charge in [0.15, 0.2) is 0 Å².